The Morgan fingerprint density at radius 1 is 1.28 bits per heavy atom. The Morgan fingerprint density at radius 3 is 2.72 bits per heavy atom. The maximum absolute atomic E-state index is 6.03. The van der Waals surface area contributed by atoms with E-state index in [2.05, 4.69) is 55.2 Å². The van der Waals surface area contributed by atoms with Crippen molar-refractivity contribution in [2.45, 2.75) is 13.0 Å². The molecule has 2 rings (SSSR count). The van der Waals surface area contributed by atoms with Gasteiger partial charge in [-0.1, -0.05) is 49.5 Å². The number of benzene rings is 1. The van der Waals surface area contributed by atoms with Gasteiger partial charge >= 0.3 is 0 Å². The maximum atomic E-state index is 6.03. The van der Waals surface area contributed by atoms with E-state index < -0.39 is 0 Å². The minimum absolute atomic E-state index is 0.133. The Kier molecular flexibility index (Phi) is 4.65. The van der Waals surface area contributed by atoms with Crippen molar-refractivity contribution in [2.75, 3.05) is 5.32 Å². The van der Waals surface area contributed by atoms with E-state index in [4.69, 9.17) is 11.6 Å². The third kappa shape index (κ3) is 3.25. The fourth-order valence-corrected chi connectivity index (χ4v) is 3.22. The average Bonchev–Trinajstić information content (AvgIpc) is 2.32. The fourth-order valence-electron chi connectivity index (χ4n) is 1.66. The molecular formula is C13H11Br2ClN2. The number of nitrogens with zero attached hydrogens (tertiary/aromatic N) is 1. The smallest absolute Gasteiger partial charge is 0.152 e. The molecule has 94 valence electrons. The topological polar surface area (TPSA) is 24.9 Å². The predicted molar refractivity (Wildman–Crippen MR) is 83.1 cm³/mol. The number of nitrogens with one attached hydrogen (secondary N) is 1. The van der Waals surface area contributed by atoms with Gasteiger partial charge in [-0.05, 0) is 36.8 Å². The van der Waals surface area contributed by atoms with Crippen LogP contribution in [0.25, 0.3) is 0 Å². The van der Waals surface area contributed by atoms with E-state index in [-0.39, 0.29) is 6.04 Å². The molecule has 5 heteroatoms. The van der Waals surface area contributed by atoms with Gasteiger partial charge in [0.1, 0.15) is 0 Å². The highest BCUT2D eigenvalue weighted by molar-refractivity contribution is 9.11. The third-order valence-electron chi connectivity index (χ3n) is 2.56. The molecule has 1 atom stereocenters. The lowest BCUT2D eigenvalue weighted by molar-refractivity contribution is 0.876. The molecule has 0 bridgehead atoms. The van der Waals surface area contributed by atoms with Crippen molar-refractivity contribution in [3.63, 3.8) is 0 Å². The number of aromatic nitrogens is 1. The zero-order valence-corrected chi connectivity index (χ0v) is 13.6. The van der Waals surface area contributed by atoms with Crippen LogP contribution in [0.1, 0.15) is 18.5 Å². The van der Waals surface area contributed by atoms with Gasteiger partial charge in [-0.25, -0.2) is 4.98 Å². The minimum atomic E-state index is 0.133. The molecule has 1 aromatic heterocycles. The number of pyridine rings is 1. The Morgan fingerprint density at radius 2 is 2.06 bits per heavy atom. The summed E-state index contributed by atoms with van der Waals surface area (Å²) in [6, 6.07) is 10.0. The largest absolute Gasteiger partial charge is 0.376 e. The second kappa shape index (κ2) is 6.04. The van der Waals surface area contributed by atoms with Gasteiger partial charge < -0.3 is 5.32 Å². The molecular weight excluding hydrogens is 379 g/mol. The normalized spacial score (nSPS) is 12.2. The van der Waals surface area contributed by atoms with Crippen LogP contribution >= 0.6 is 43.5 Å². The van der Waals surface area contributed by atoms with E-state index in [0.29, 0.717) is 5.15 Å². The molecule has 0 amide bonds. The van der Waals surface area contributed by atoms with Crippen molar-refractivity contribution in [3.8, 4) is 0 Å². The van der Waals surface area contributed by atoms with E-state index in [1.165, 1.54) is 0 Å². The van der Waals surface area contributed by atoms with Crippen LogP contribution in [0, 0.1) is 0 Å². The first-order valence-corrected chi connectivity index (χ1v) is 7.36. The van der Waals surface area contributed by atoms with Crippen LogP contribution in [0.5, 0.6) is 0 Å². The second-order valence-corrected chi connectivity index (χ2v) is 6.00. The van der Waals surface area contributed by atoms with Crippen molar-refractivity contribution in [1.29, 1.82) is 0 Å². The van der Waals surface area contributed by atoms with Crippen molar-refractivity contribution >= 4 is 49.1 Å². The van der Waals surface area contributed by atoms with Crippen molar-refractivity contribution in [3.05, 3.63) is 56.2 Å². The summed E-state index contributed by atoms with van der Waals surface area (Å²) >= 11 is 13.0. The molecule has 0 saturated carbocycles. The van der Waals surface area contributed by atoms with E-state index in [1.807, 2.05) is 24.3 Å². The van der Waals surface area contributed by atoms with Crippen LogP contribution < -0.4 is 5.32 Å². The zero-order valence-electron chi connectivity index (χ0n) is 9.62. The van der Waals surface area contributed by atoms with Gasteiger partial charge in [0, 0.05) is 21.2 Å². The predicted octanol–water partition coefficient (Wildman–Crippen LogP) is 5.43. The number of hydrogen-bond acceptors (Lipinski definition) is 2. The van der Waals surface area contributed by atoms with Gasteiger partial charge in [-0.2, -0.15) is 0 Å². The molecule has 0 saturated heterocycles. The first-order valence-electron chi connectivity index (χ1n) is 5.40. The zero-order chi connectivity index (χ0) is 13.1. The average molecular weight is 391 g/mol. The first kappa shape index (κ1) is 13.8. The summed E-state index contributed by atoms with van der Waals surface area (Å²) in [6.45, 7) is 2.08. The summed E-state index contributed by atoms with van der Waals surface area (Å²) in [4.78, 5) is 4.05. The Balaban J connectivity index is 2.22. The van der Waals surface area contributed by atoms with Gasteiger partial charge in [0.15, 0.2) is 5.15 Å². The third-order valence-corrected chi connectivity index (χ3v) is 4.04. The molecule has 2 aromatic rings. The molecule has 1 aromatic carbocycles. The highest BCUT2D eigenvalue weighted by Gasteiger charge is 2.11. The summed E-state index contributed by atoms with van der Waals surface area (Å²) in [5.74, 6) is 0. The quantitative estimate of drug-likeness (QED) is 0.707. The number of rotatable bonds is 3. The molecule has 0 aliphatic heterocycles. The summed E-state index contributed by atoms with van der Waals surface area (Å²) in [5.41, 5.74) is 2.00. The molecule has 0 radical (unpaired) electrons. The van der Waals surface area contributed by atoms with Gasteiger partial charge in [-0.15, -0.1) is 0 Å². The molecule has 0 aliphatic rings. The van der Waals surface area contributed by atoms with Crippen LogP contribution in [0.3, 0.4) is 0 Å². The molecule has 1 N–H and O–H groups in total. The molecule has 1 heterocycles. The summed E-state index contributed by atoms with van der Waals surface area (Å²) < 4.78 is 2.10. The molecule has 1 unspecified atom stereocenters. The maximum Gasteiger partial charge on any atom is 0.152 e. The monoisotopic (exact) mass is 388 g/mol. The molecule has 18 heavy (non-hydrogen) atoms. The number of hydrogen-bond donors (Lipinski definition) is 1. The fraction of sp³-hybridized carbons (Fsp3) is 0.154. The van der Waals surface area contributed by atoms with E-state index in [9.17, 15) is 0 Å². The lowest BCUT2D eigenvalue weighted by Crippen LogP contribution is -2.08. The summed E-state index contributed by atoms with van der Waals surface area (Å²) in [7, 11) is 0. The molecule has 0 fully saturated rings. The van der Waals surface area contributed by atoms with E-state index in [1.54, 1.807) is 6.20 Å². The number of halogens is 3. The lowest BCUT2D eigenvalue weighted by Gasteiger charge is -2.17. The lowest BCUT2D eigenvalue weighted by atomic mass is 10.1. The minimum Gasteiger partial charge on any atom is -0.376 e. The van der Waals surface area contributed by atoms with Crippen molar-refractivity contribution in [1.82, 2.24) is 4.98 Å². The number of anilines is 1. The highest BCUT2D eigenvalue weighted by atomic mass is 79.9. The van der Waals surface area contributed by atoms with Crippen LogP contribution in [-0.2, 0) is 0 Å². The SMILES string of the molecule is CC(Nc1cccnc1Cl)c1ccc(Br)cc1Br. The standard InChI is InChI=1S/C13H11Br2ClN2/c1-8(10-5-4-9(14)7-11(10)15)18-12-3-2-6-17-13(12)16/h2-8,18H,1H3. The summed E-state index contributed by atoms with van der Waals surface area (Å²) in [5, 5.41) is 3.83. The van der Waals surface area contributed by atoms with Crippen LogP contribution in [0.2, 0.25) is 5.15 Å². The molecule has 0 aliphatic carbocycles. The first-order chi connectivity index (χ1) is 8.58. The summed E-state index contributed by atoms with van der Waals surface area (Å²) in [6.07, 6.45) is 1.67. The van der Waals surface area contributed by atoms with Gasteiger partial charge in [0.05, 0.1) is 5.69 Å². The van der Waals surface area contributed by atoms with Crippen molar-refractivity contribution in [2.24, 2.45) is 0 Å². The van der Waals surface area contributed by atoms with E-state index in [0.717, 1.165) is 20.2 Å². The Hall–Kier alpha value is -0.580. The van der Waals surface area contributed by atoms with Gasteiger partial charge in [-0.3, -0.25) is 0 Å². The van der Waals surface area contributed by atoms with Gasteiger partial charge in [0.2, 0.25) is 0 Å². The Bertz CT molecular complexity index is 560. The van der Waals surface area contributed by atoms with Crippen LogP contribution in [-0.4, -0.2) is 4.98 Å². The van der Waals surface area contributed by atoms with Crippen LogP contribution in [0.4, 0.5) is 5.69 Å². The molecule has 0 spiro atoms. The van der Waals surface area contributed by atoms with Crippen molar-refractivity contribution < 1.29 is 0 Å². The highest BCUT2D eigenvalue weighted by Crippen LogP contribution is 2.30. The van der Waals surface area contributed by atoms with Crippen LogP contribution in [0.15, 0.2) is 45.5 Å². The van der Waals surface area contributed by atoms with E-state index >= 15 is 0 Å². The second-order valence-electron chi connectivity index (χ2n) is 3.87. The molecule has 2 nitrogen and oxygen atoms in total. The van der Waals surface area contributed by atoms with Gasteiger partial charge in [0.25, 0.3) is 0 Å². The Labute approximate surface area is 128 Å².